The van der Waals surface area contributed by atoms with Crippen molar-refractivity contribution in [3.63, 3.8) is 0 Å². The van der Waals surface area contributed by atoms with Gasteiger partial charge in [-0.2, -0.15) is 11.3 Å². The van der Waals surface area contributed by atoms with Crippen LogP contribution >= 0.6 is 11.3 Å². The van der Waals surface area contributed by atoms with Crippen LogP contribution in [0.15, 0.2) is 65.4 Å². The molecule has 1 aliphatic rings. The minimum atomic E-state index is -0.00339. The largest absolute Gasteiger partial charge is 0.350 e. The normalized spacial score (nSPS) is 15.1. The van der Waals surface area contributed by atoms with Gasteiger partial charge < -0.3 is 5.32 Å². The lowest BCUT2D eigenvalue weighted by Crippen LogP contribution is -2.40. The van der Waals surface area contributed by atoms with Crippen LogP contribution in [0.2, 0.25) is 0 Å². The lowest BCUT2D eigenvalue weighted by Gasteiger charge is -2.35. The number of hydrogen-bond acceptors (Lipinski definition) is 3. The summed E-state index contributed by atoms with van der Waals surface area (Å²) >= 11 is 1.71. The van der Waals surface area contributed by atoms with Crippen LogP contribution in [-0.4, -0.2) is 23.9 Å². The van der Waals surface area contributed by atoms with Gasteiger partial charge in [-0.05, 0) is 59.0 Å². The quantitative estimate of drug-likeness (QED) is 0.707. The minimum Gasteiger partial charge on any atom is -0.350 e. The molecule has 0 aliphatic carbocycles. The van der Waals surface area contributed by atoms with Gasteiger partial charge in [-0.25, -0.2) is 0 Å². The molecule has 0 bridgehead atoms. The van der Waals surface area contributed by atoms with Gasteiger partial charge in [0.1, 0.15) is 0 Å². The van der Waals surface area contributed by atoms with Crippen molar-refractivity contribution < 1.29 is 4.79 Å². The number of hydrogen-bond donors (Lipinski definition) is 1. The van der Waals surface area contributed by atoms with Gasteiger partial charge in [0.05, 0.1) is 6.04 Å². The van der Waals surface area contributed by atoms with Crippen molar-refractivity contribution in [2.45, 2.75) is 25.9 Å². The Balaban J connectivity index is 1.50. The van der Waals surface area contributed by atoms with E-state index in [0.29, 0.717) is 6.54 Å². The number of carbonyl (C=O) groups is 1. The maximum absolute atomic E-state index is 12.6. The molecular weight excluding hydrogens is 352 g/mol. The monoisotopic (exact) mass is 376 g/mol. The van der Waals surface area contributed by atoms with Crippen molar-refractivity contribution in [3.8, 4) is 0 Å². The molecule has 4 rings (SSSR count). The zero-order valence-corrected chi connectivity index (χ0v) is 16.3. The van der Waals surface area contributed by atoms with E-state index in [1.807, 2.05) is 31.2 Å². The maximum atomic E-state index is 12.6. The van der Waals surface area contributed by atoms with E-state index in [4.69, 9.17) is 0 Å². The number of nitrogens with zero attached hydrogens (tertiary/aromatic N) is 1. The number of aryl methyl sites for hydroxylation is 1. The third-order valence-electron chi connectivity index (χ3n) is 5.27. The molecule has 1 atom stereocenters. The Labute approximate surface area is 164 Å². The van der Waals surface area contributed by atoms with Gasteiger partial charge in [0.25, 0.3) is 5.91 Å². The van der Waals surface area contributed by atoms with Gasteiger partial charge in [0.2, 0.25) is 0 Å². The van der Waals surface area contributed by atoms with E-state index in [0.717, 1.165) is 30.6 Å². The van der Waals surface area contributed by atoms with Crippen molar-refractivity contribution in [1.82, 2.24) is 10.2 Å². The van der Waals surface area contributed by atoms with Crippen molar-refractivity contribution in [2.75, 3.05) is 13.1 Å². The fourth-order valence-electron chi connectivity index (χ4n) is 3.78. The van der Waals surface area contributed by atoms with Crippen molar-refractivity contribution >= 4 is 17.2 Å². The molecule has 2 aromatic carbocycles. The van der Waals surface area contributed by atoms with Crippen LogP contribution in [0.25, 0.3) is 0 Å². The summed E-state index contributed by atoms with van der Waals surface area (Å²) in [5.41, 5.74) is 5.95. The van der Waals surface area contributed by atoms with E-state index in [2.05, 4.69) is 51.3 Å². The number of nitrogens with one attached hydrogen (secondary N) is 1. The van der Waals surface area contributed by atoms with E-state index < -0.39 is 0 Å². The Bertz CT molecular complexity index is 920. The van der Waals surface area contributed by atoms with Crippen LogP contribution in [0.5, 0.6) is 0 Å². The molecule has 3 aromatic rings. The molecule has 0 fully saturated rings. The third-order valence-corrected chi connectivity index (χ3v) is 5.97. The van der Waals surface area contributed by atoms with Crippen LogP contribution in [0.4, 0.5) is 0 Å². The summed E-state index contributed by atoms with van der Waals surface area (Å²) in [5, 5.41) is 7.47. The molecule has 0 radical (unpaired) electrons. The number of rotatable bonds is 5. The first-order chi connectivity index (χ1) is 13.2. The molecule has 1 unspecified atom stereocenters. The second kappa shape index (κ2) is 8.07. The summed E-state index contributed by atoms with van der Waals surface area (Å²) < 4.78 is 0. The first-order valence-corrected chi connectivity index (χ1v) is 10.3. The van der Waals surface area contributed by atoms with E-state index in [9.17, 15) is 4.79 Å². The van der Waals surface area contributed by atoms with Gasteiger partial charge in [-0.3, -0.25) is 9.69 Å². The summed E-state index contributed by atoms with van der Waals surface area (Å²) in [7, 11) is 0. The van der Waals surface area contributed by atoms with Gasteiger partial charge in [0.15, 0.2) is 0 Å². The molecule has 1 N–H and O–H groups in total. The molecule has 138 valence electrons. The number of amides is 1. The molecule has 4 heteroatoms. The Morgan fingerprint density at radius 1 is 1.15 bits per heavy atom. The fraction of sp³-hybridized carbons (Fsp3) is 0.261. The number of carbonyl (C=O) groups excluding carboxylic acids is 1. The van der Waals surface area contributed by atoms with Gasteiger partial charge >= 0.3 is 0 Å². The average Bonchev–Trinajstić information content (AvgIpc) is 3.22. The highest BCUT2D eigenvalue weighted by Gasteiger charge is 2.25. The summed E-state index contributed by atoms with van der Waals surface area (Å²) in [6.45, 7) is 4.57. The topological polar surface area (TPSA) is 32.3 Å². The number of fused-ring (bicyclic) bond motifs is 1. The molecule has 0 saturated carbocycles. The van der Waals surface area contributed by atoms with Crippen LogP contribution in [0, 0.1) is 6.92 Å². The lowest BCUT2D eigenvalue weighted by atomic mass is 9.97. The molecule has 27 heavy (non-hydrogen) atoms. The first kappa shape index (κ1) is 18.0. The molecule has 3 nitrogen and oxygen atoms in total. The fourth-order valence-corrected chi connectivity index (χ4v) is 4.49. The molecule has 1 amide bonds. The van der Waals surface area contributed by atoms with E-state index >= 15 is 0 Å². The zero-order valence-electron chi connectivity index (χ0n) is 15.5. The average molecular weight is 377 g/mol. The Morgan fingerprint density at radius 3 is 2.78 bits per heavy atom. The smallest absolute Gasteiger partial charge is 0.251 e. The Morgan fingerprint density at radius 2 is 2.00 bits per heavy atom. The summed E-state index contributed by atoms with van der Waals surface area (Å²) in [4.78, 5) is 15.1. The number of benzene rings is 2. The van der Waals surface area contributed by atoms with Crippen LogP contribution in [-0.2, 0) is 13.0 Å². The van der Waals surface area contributed by atoms with E-state index in [-0.39, 0.29) is 11.9 Å². The van der Waals surface area contributed by atoms with Gasteiger partial charge in [0, 0.05) is 25.2 Å². The van der Waals surface area contributed by atoms with E-state index in [1.54, 1.807) is 11.3 Å². The first-order valence-electron chi connectivity index (χ1n) is 9.38. The molecule has 0 spiro atoms. The molecular formula is C23H24N2OS. The zero-order chi connectivity index (χ0) is 18.6. The van der Waals surface area contributed by atoms with Crippen LogP contribution in [0.1, 0.15) is 38.7 Å². The standard InChI is InChI=1S/C23H24N2OS/c1-17-5-4-8-19(13-17)23(26)24-14-22(21-10-12-27-16-21)25-11-9-18-6-2-3-7-20(18)15-25/h2-8,10,12-13,16,22H,9,11,14-15H2,1H3,(H,24,26). The summed E-state index contributed by atoms with van der Waals surface area (Å²) in [6, 6.07) is 18.8. The summed E-state index contributed by atoms with van der Waals surface area (Å²) in [5.74, 6) is -0.00339. The predicted molar refractivity (Wildman–Crippen MR) is 111 cm³/mol. The van der Waals surface area contributed by atoms with Gasteiger partial charge in [-0.1, -0.05) is 42.0 Å². The Kier molecular flexibility index (Phi) is 5.37. The van der Waals surface area contributed by atoms with E-state index in [1.165, 1.54) is 16.7 Å². The number of thiophene rings is 1. The summed E-state index contributed by atoms with van der Waals surface area (Å²) in [6.07, 6.45) is 1.06. The Hall–Kier alpha value is -2.43. The predicted octanol–water partition coefficient (Wildman–Crippen LogP) is 4.59. The highest BCUT2D eigenvalue weighted by molar-refractivity contribution is 7.07. The molecule has 1 aliphatic heterocycles. The van der Waals surface area contributed by atoms with Crippen LogP contribution in [0.3, 0.4) is 0 Å². The molecule has 0 saturated heterocycles. The SMILES string of the molecule is Cc1cccc(C(=O)NCC(c2ccsc2)N2CCc3ccccc3C2)c1. The highest BCUT2D eigenvalue weighted by Crippen LogP contribution is 2.28. The third kappa shape index (κ3) is 4.12. The van der Waals surface area contributed by atoms with Crippen molar-refractivity contribution in [1.29, 1.82) is 0 Å². The minimum absolute atomic E-state index is 0.00339. The van der Waals surface area contributed by atoms with Gasteiger partial charge in [-0.15, -0.1) is 0 Å². The van der Waals surface area contributed by atoms with Crippen molar-refractivity contribution in [2.24, 2.45) is 0 Å². The molecule has 1 aromatic heterocycles. The second-order valence-corrected chi connectivity index (χ2v) is 7.92. The highest BCUT2D eigenvalue weighted by atomic mass is 32.1. The maximum Gasteiger partial charge on any atom is 0.251 e. The molecule has 2 heterocycles. The van der Waals surface area contributed by atoms with Crippen molar-refractivity contribution in [3.05, 3.63) is 93.2 Å². The van der Waals surface area contributed by atoms with Crippen LogP contribution < -0.4 is 5.32 Å². The lowest BCUT2D eigenvalue weighted by molar-refractivity contribution is 0.0928. The second-order valence-electron chi connectivity index (χ2n) is 7.14.